The minimum atomic E-state index is 0.708. The standard InChI is InChI=1S/C13H12Br2OS/c14-8-11-2-1-3-12(15)13(11)16-6-4-10-5-7-17-9-10/h1-3,5,7,9H,4,6,8H2. The molecule has 1 heterocycles. The highest BCUT2D eigenvalue weighted by Gasteiger charge is 2.06. The van der Waals surface area contributed by atoms with Crippen molar-refractivity contribution in [2.75, 3.05) is 6.61 Å². The smallest absolute Gasteiger partial charge is 0.137 e. The summed E-state index contributed by atoms with van der Waals surface area (Å²) in [7, 11) is 0. The Hall–Kier alpha value is -0.320. The summed E-state index contributed by atoms with van der Waals surface area (Å²) >= 11 is 8.72. The van der Waals surface area contributed by atoms with E-state index in [-0.39, 0.29) is 0 Å². The van der Waals surface area contributed by atoms with Gasteiger partial charge in [0, 0.05) is 17.3 Å². The zero-order valence-corrected chi connectivity index (χ0v) is 13.1. The summed E-state index contributed by atoms with van der Waals surface area (Å²) in [5.74, 6) is 0.944. The number of alkyl halides is 1. The Labute approximate surface area is 122 Å². The van der Waals surface area contributed by atoms with Crippen LogP contribution in [0.4, 0.5) is 0 Å². The highest BCUT2D eigenvalue weighted by Crippen LogP contribution is 2.30. The molecule has 0 N–H and O–H groups in total. The SMILES string of the molecule is BrCc1cccc(Br)c1OCCc1ccsc1. The van der Waals surface area contributed by atoms with Gasteiger partial charge in [-0.2, -0.15) is 11.3 Å². The number of para-hydroxylation sites is 1. The minimum Gasteiger partial charge on any atom is -0.492 e. The summed E-state index contributed by atoms with van der Waals surface area (Å²) < 4.78 is 6.87. The first-order chi connectivity index (χ1) is 8.31. The van der Waals surface area contributed by atoms with Gasteiger partial charge in [0.15, 0.2) is 0 Å². The van der Waals surface area contributed by atoms with Gasteiger partial charge in [-0.05, 0) is 44.4 Å². The summed E-state index contributed by atoms with van der Waals surface area (Å²) in [6, 6.07) is 8.23. The third-order valence-electron chi connectivity index (χ3n) is 2.41. The Morgan fingerprint density at radius 3 is 2.82 bits per heavy atom. The molecule has 1 aromatic heterocycles. The van der Waals surface area contributed by atoms with E-state index in [4.69, 9.17) is 4.74 Å². The molecule has 0 radical (unpaired) electrons. The second-order valence-corrected chi connectivity index (χ2v) is 5.79. The number of ether oxygens (including phenoxy) is 1. The first-order valence-corrected chi connectivity index (χ1v) is 8.14. The van der Waals surface area contributed by atoms with Crippen molar-refractivity contribution >= 4 is 43.2 Å². The fourth-order valence-corrected chi connectivity index (χ4v) is 3.19. The van der Waals surface area contributed by atoms with Crippen LogP contribution in [0.15, 0.2) is 39.5 Å². The Morgan fingerprint density at radius 2 is 2.12 bits per heavy atom. The molecule has 0 aliphatic carbocycles. The lowest BCUT2D eigenvalue weighted by molar-refractivity contribution is 0.318. The van der Waals surface area contributed by atoms with Crippen molar-refractivity contribution in [1.29, 1.82) is 0 Å². The van der Waals surface area contributed by atoms with E-state index in [1.165, 1.54) is 11.1 Å². The molecular formula is C13H12Br2OS. The van der Waals surface area contributed by atoms with Crippen LogP contribution in [0.2, 0.25) is 0 Å². The maximum Gasteiger partial charge on any atom is 0.137 e. The van der Waals surface area contributed by atoms with Crippen LogP contribution in [0.25, 0.3) is 0 Å². The third-order valence-corrected chi connectivity index (χ3v) is 4.37. The number of halogens is 2. The largest absolute Gasteiger partial charge is 0.492 e. The molecule has 4 heteroatoms. The Bertz CT molecular complexity index is 468. The van der Waals surface area contributed by atoms with Gasteiger partial charge >= 0.3 is 0 Å². The molecule has 0 aliphatic rings. The van der Waals surface area contributed by atoms with Crippen molar-refractivity contribution in [3.8, 4) is 5.75 Å². The zero-order chi connectivity index (χ0) is 12.1. The van der Waals surface area contributed by atoms with E-state index in [1.54, 1.807) is 11.3 Å². The fraction of sp³-hybridized carbons (Fsp3) is 0.231. The predicted molar refractivity (Wildman–Crippen MR) is 80.3 cm³/mol. The summed E-state index contributed by atoms with van der Waals surface area (Å²) in [5.41, 5.74) is 2.51. The third kappa shape index (κ3) is 3.57. The predicted octanol–water partition coefficient (Wildman–Crippen LogP) is 5.03. The Morgan fingerprint density at radius 1 is 1.24 bits per heavy atom. The van der Waals surface area contributed by atoms with Crippen LogP contribution in [-0.4, -0.2) is 6.61 Å². The quantitative estimate of drug-likeness (QED) is 0.666. The lowest BCUT2D eigenvalue weighted by atomic mass is 10.2. The first-order valence-electron chi connectivity index (χ1n) is 5.28. The van der Waals surface area contributed by atoms with Crippen molar-refractivity contribution in [2.24, 2.45) is 0 Å². The van der Waals surface area contributed by atoms with Gasteiger partial charge in [-0.1, -0.05) is 28.1 Å². The number of hydrogen-bond donors (Lipinski definition) is 0. The normalized spacial score (nSPS) is 10.5. The van der Waals surface area contributed by atoms with Gasteiger partial charge in [0.25, 0.3) is 0 Å². The van der Waals surface area contributed by atoms with Crippen LogP contribution in [0.3, 0.4) is 0 Å². The lowest BCUT2D eigenvalue weighted by Gasteiger charge is -2.11. The van der Waals surface area contributed by atoms with E-state index in [2.05, 4.69) is 54.8 Å². The minimum absolute atomic E-state index is 0.708. The highest BCUT2D eigenvalue weighted by molar-refractivity contribution is 9.10. The molecule has 90 valence electrons. The number of benzene rings is 1. The molecule has 0 amide bonds. The second kappa shape index (κ2) is 6.57. The second-order valence-electron chi connectivity index (χ2n) is 3.59. The van der Waals surface area contributed by atoms with Crippen LogP contribution in [0, 0.1) is 0 Å². The molecule has 1 aromatic carbocycles. The van der Waals surface area contributed by atoms with Crippen LogP contribution in [0.5, 0.6) is 5.75 Å². The van der Waals surface area contributed by atoms with Crippen molar-refractivity contribution in [3.63, 3.8) is 0 Å². The molecule has 0 unspecified atom stereocenters. The number of hydrogen-bond acceptors (Lipinski definition) is 2. The first kappa shape index (κ1) is 13.1. The Balaban J connectivity index is 1.98. The van der Waals surface area contributed by atoms with Gasteiger partial charge in [-0.15, -0.1) is 0 Å². The van der Waals surface area contributed by atoms with E-state index in [9.17, 15) is 0 Å². The summed E-state index contributed by atoms with van der Waals surface area (Å²) in [6.07, 6.45) is 0.951. The fourth-order valence-electron chi connectivity index (χ4n) is 1.53. The maximum atomic E-state index is 5.86. The molecule has 0 atom stereocenters. The van der Waals surface area contributed by atoms with Gasteiger partial charge < -0.3 is 4.74 Å². The molecule has 2 rings (SSSR count). The van der Waals surface area contributed by atoms with Crippen LogP contribution < -0.4 is 4.74 Å². The molecule has 0 fully saturated rings. The lowest BCUT2D eigenvalue weighted by Crippen LogP contribution is -2.03. The van der Waals surface area contributed by atoms with Crippen molar-refractivity contribution in [2.45, 2.75) is 11.8 Å². The molecule has 17 heavy (non-hydrogen) atoms. The van der Waals surface area contributed by atoms with Crippen molar-refractivity contribution < 1.29 is 4.74 Å². The number of rotatable bonds is 5. The molecule has 0 spiro atoms. The summed E-state index contributed by atoms with van der Waals surface area (Å²) in [5, 5.41) is 5.06. The maximum absolute atomic E-state index is 5.86. The van der Waals surface area contributed by atoms with Crippen molar-refractivity contribution in [1.82, 2.24) is 0 Å². The summed E-state index contributed by atoms with van der Waals surface area (Å²) in [6.45, 7) is 0.708. The van der Waals surface area contributed by atoms with E-state index < -0.39 is 0 Å². The Kier molecular flexibility index (Phi) is 5.07. The van der Waals surface area contributed by atoms with E-state index in [0.29, 0.717) is 6.61 Å². The van der Waals surface area contributed by atoms with Gasteiger partial charge in [0.1, 0.15) is 5.75 Å². The highest BCUT2D eigenvalue weighted by atomic mass is 79.9. The van der Waals surface area contributed by atoms with Crippen LogP contribution >= 0.6 is 43.2 Å². The van der Waals surface area contributed by atoms with Crippen LogP contribution in [-0.2, 0) is 11.8 Å². The van der Waals surface area contributed by atoms with Gasteiger partial charge in [-0.25, -0.2) is 0 Å². The monoisotopic (exact) mass is 374 g/mol. The topological polar surface area (TPSA) is 9.23 Å². The summed E-state index contributed by atoms with van der Waals surface area (Å²) in [4.78, 5) is 0. The van der Waals surface area contributed by atoms with Crippen LogP contribution in [0.1, 0.15) is 11.1 Å². The average molecular weight is 376 g/mol. The van der Waals surface area contributed by atoms with E-state index >= 15 is 0 Å². The molecule has 2 aromatic rings. The van der Waals surface area contributed by atoms with E-state index in [1.807, 2.05) is 12.1 Å². The molecule has 1 nitrogen and oxygen atoms in total. The van der Waals surface area contributed by atoms with Gasteiger partial charge in [-0.3, -0.25) is 0 Å². The van der Waals surface area contributed by atoms with E-state index in [0.717, 1.165) is 22.0 Å². The van der Waals surface area contributed by atoms with Gasteiger partial charge in [0.05, 0.1) is 11.1 Å². The molecule has 0 bridgehead atoms. The number of thiophene rings is 1. The molecular weight excluding hydrogens is 364 g/mol. The zero-order valence-electron chi connectivity index (χ0n) is 9.16. The molecule has 0 saturated carbocycles. The average Bonchev–Trinajstić information content (AvgIpc) is 2.84. The van der Waals surface area contributed by atoms with Gasteiger partial charge in [0.2, 0.25) is 0 Å². The molecule has 0 saturated heterocycles. The molecule has 0 aliphatic heterocycles. The van der Waals surface area contributed by atoms with Crippen molar-refractivity contribution in [3.05, 3.63) is 50.6 Å².